The predicted octanol–water partition coefficient (Wildman–Crippen LogP) is 8.90. The van der Waals surface area contributed by atoms with Crippen molar-refractivity contribution in [1.82, 2.24) is 9.80 Å². The Hall–Kier alpha value is -4.72. The Kier molecular flexibility index (Phi) is 17.4. The molecular weight excluding hydrogens is 1030 g/mol. The van der Waals surface area contributed by atoms with E-state index in [0.29, 0.717) is 30.2 Å². The van der Waals surface area contributed by atoms with Crippen LogP contribution in [-0.4, -0.2) is 118 Å². The molecule has 4 heterocycles. The number of amides is 2. The Balaban J connectivity index is 0.000000274. The Bertz CT molecular complexity index is 3000. The number of hydrogen-bond donors (Lipinski definition) is 5. The molecule has 0 aliphatic carbocycles. The SMILES string of the molecule is CCOP1(=O)N=C(C2=C(O)C(C(C)(C)C)N(CCC(C)(C)C)C2=O)Nc2ccc(N(CC)S(C)(=O)=O)cc21.CCOP1(=O)N=C(C2=C(O)C(C(C)(C)C)N(CCC(C)(C)C)C2=O)Nc2ccc(NS(C)(=O)=O)cc21. The average Bonchev–Trinajstić information content (AvgIpc) is 3.64. The molecule has 2 amide bonds. The number of carbonyl (C=O) groups excluding carboxylic acids is 2. The summed E-state index contributed by atoms with van der Waals surface area (Å²) in [5.74, 6) is -1.10. The number of carbonyl (C=O) groups is 2. The van der Waals surface area contributed by atoms with Gasteiger partial charge in [-0.25, -0.2) is 16.8 Å². The number of amidine groups is 2. The fourth-order valence-electron chi connectivity index (χ4n) is 9.10. The van der Waals surface area contributed by atoms with Gasteiger partial charge in [-0.1, -0.05) is 83.1 Å². The van der Waals surface area contributed by atoms with Gasteiger partial charge in [0.15, 0.2) is 11.7 Å². The van der Waals surface area contributed by atoms with Crippen LogP contribution in [0.25, 0.3) is 0 Å². The van der Waals surface area contributed by atoms with Crippen molar-refractivity contribution in [3.05, 3.63) is 59.1 Å². The van der Waals surface area contributed by atoms with E-state index in [1.54, 1.807) is 48.8 Å². The van der Waals surface area contributed by atoms with Crippen LogP contribution in [0.4, 0.5) is 22.7 Å². The zero-order chi connectivity index (χ0) is 56.1. The van der Waals surface area contributed by atoms with Crippen molar-refractivity contribution < 1.29 is 54.8 Å². The molecule has 4 unspecified atom stereocenters. The lowest BCUT2D eigenvalue weighted by molar-refractivity contribution is -0.129. The molecule has 4 aliphatic heterocycles. The molecule has 4 atom stereocenters. The second kappa shape index (κ2) is 21.4. The predicted molar refractivity (Wildman–Crippen MR) is 296 cm³/mol. The van der Waals surface area contributed by atoms with Gasteiger partial charge in [0, 0.05) is 25.3 Å². The van der Waals surface area contributed by atoms with Crippen molar-refractivity contribution in [2.75, 3.05) is 65.0 Å². The van der Waals surface area contributed by atoms with E-state index in [1.807, 2.05) is 41.5 Å². The van der Waals surface area contributed by atoms with Gasteiger partial charge in [0.2, 0.25) is 20.0 Å². The molecule has 5 N–H and O–H groups in total. The molecule has 0 bridgehead atoms. The van der Waals surface area contributed by atoms with Crippen LogP contribution in [0.3, 0.4) is 0 Å². The molecule has 412 valence electrons. The minimum Gasteiger partial charge on any atom is -0.509 e. The summed E-state index contributed by atoms with van der Waals surface area (Å²) in [5.41, 5.74) is 0.198. The third kappa shape index (κ3) is 13.4. The van der Waals surface area contributed by atoms with Gasteiger partial charge in [-0.15, -0.1) is 0 Å². The van der Waals surface area contributed by atoms with Gasteiger partial charge < -0.3 is 39.7 Å². The van der Waals surface area contributed by atoms with Crippen LogP contribution in [0.15, 0.2) is 68.6 Å². The minimum absolute atomic E-state index is 0.0208. The van der Waals surface area contributed by atoms with Crippen LogP contribution in [0.5, 0.6) is 0 Å². The van der Waals surface area contributed by atoms with Crippen molar-refractivity contribution in [3.63, 3.8) is 0 Å². The number of benzene rings is 2. The molecular formula is C50H78N8O12P2S2. The van der Waals surface area contributed by atoms with E-state index >= 15 is 0 Å². The number of nitrogens with zero attached hydrogens (tertiary/aromatic N) is 5. The van der Waals surface area contributed by atoms with E-state index in [9.17, 15) is 45.8 Å². The van der Waals surface area contributed by atoms with Gasteiger partial charge in [0.1, 0.15) is 22.7 Å². The number of hydrogen-bond acceptors (Lipinski definition) is 14. The number of aliphatic hydroxyl groups excluding tert-OH is 2. The molecule has 24 heteroatoms. The minimum atomic E-state index is -3.93. The molecule has 0 fully saturated rings. The normalized spacial score (nSPS) is 22.6. The third-order valence-electron chi connectivity index (χ3n) is 12.4. The molecule has 0 aromatic heterocycles. The first kappa shape index (κ1) is 60.1. The summed E-state index contributed by atoms with van der Waals surface area (Å²) in [6.45, 7) is 30.5. The summed E-state index contributed by atoms with van der Waals surface area (Å²) >= 11 is 0. The molecule has 0 saturated heterocycles. The van der Waals surface area contributed by atoms with Gasteiger partial charge >= 0.3 is 15.0 Å². The monoisotopic (exact) mass is 1110 g/mol. The smallest absolute Gasteiger partial charge is 0.348 e. The number of nitrogens with one attached hydrogen (secondary N) is 3. The largest absolute Gasteiger partial charge is 0.509 e. The maximum absolute atomic E-state index is 14.1. The Labute approximate surface area is 438 Å². The molecule has 0 saturated carbocycles. The Morgan fingerprint density at radius 3 is 1.39 bits per heavy atom. The number of sulfonamides is 2. The molecule has 20 nitrogen and oxygen atoms in total. The van der Waals surface area contributed by atoms with Crippen LogP contribution < -0.4 is 30.3 Å². The summed E-state index contributed by atoms with van der Waals surface area (Å²) in [5, 5.41) is 29.2. The summed E-state index contributed by atoms with van der Waals surface area (Å²) in [7, 11) is -15.0. The second-order valence-electron chi connectivity index (χ2n) is 23.4. The van der Waals surface area contributed by atoms with Gasteiger partial charge in [0.25, 0.3) is 11.8 Å². The second-order valence-corrected chi connectivity index (χ2v) is 31.1. The van der Waals surface area contributed by atoms with E-state index in [2.05, 4.69) is 66.4 Å². The summed E-state index contributed by atoms with van der Waals surface area (Å²) in [6, 6.07) is 7.95. The molecule has 74 heavy (non-hydrogen) atoms. The average molecular weight is 1110 g/mol. The highest BCUT2D eigenvalue weighted by Gasteiger charge is 2.51. The molecule has 2 aromatic rings. The van der Waals surface area contributed by atoms with Crippen molar-refractivity contribution in [3.8, 4) is 0 Å². The fourth-order valence-corrected chi connectivity index (χ4v) is 14.2. The lowest BCUT2D eigenvalue weighted by atomic mass is 9.84. The van der Waals surface area contributed by atoms with Crippen LogP contribution in [0.2, 0.25) is 0 Å². The van der Waals surface area contributed by atoms with Crippen LogP contribution in [-0.2, 0) is 47.8 Å². The molecule has 0 radical (unpaired) electrons. The van der Waals surface area contributed by atoms with Crippen molar-refractivity contribution >= 4 is 91.9 Å². The number of rotatable bonds is 15. The number of anilines is 4. The van der Waals surface area contributed by atoms with E-state index in [0.717, 1.165) is 25.4 Å². The van der Waals surface area contributed by atoms with E-state index in [1.165, 1.54) is 22.5 Å². The number of fused-ring (bicyclic) bond motifs is 2. The maximum Gasteiger partial charge on any atom is 0.348 e. The van der Waals surface area contributed by atoms with Gasteiger partial charge in [-0.2, -0.15) is 9.53 Å². The van der Waals surface area contributed by atoms with E-state index in [-0.39, 0.29) is 81.2 Å². The summed E-state index contributed by atoms with van der Waals surface area (Å²) in [4.78, 5) is 30.7. The lowest BCUT2D eigenvalue weighted by Crippen LogP contribution is -2.45. The molecule has 0 spiro atoms. The topological polar surface area (TPSA) is 266 Å². The quantitative estimate of drug-likeness (QED) is 0.104. The first-order chi connectivity index (χ1) is 33.7. The van der Waals surface area contributed by atoms with Crippen LogP contribution in [0, 0.1) is 21.7 Å². The van der Waals surface area contributed by atoms with Crippen LogP contribution >= 0.6 is 15.0 Å². The Morgan fingerprint density at radius 2 is 1.05 bits per heavy atom. The highest BCUT2D eigenvalue weighted by atomic mass is 32.2. The van der Waals surface area contributed by atoms with Crippen LogP contribution in [0.1, 0.15) is 117 Å². The molecule has 2 aromatic carbocycles. The standard InChI is InChI=1S/C26H41N4O6PS.C24H37N4O6PS/c1-10-30(38(9,34)35)17-12-13-18-19(16-17)37(33,36-11-2)28-23(27-18)20-21(31)22(26(6,7)8)29(24(20)32)15-14-25(3,4)5;1-9-34-35(31)17-14-15(27-36(8,32)33)10-11-16(17)25-21(26-35)18-19(29)20(24(5,6)7)28(22(18)30)13-12-23(2,3)4/h12-13,16,22,31H,10-11,14-15H2,1-9H3,(H,27,28,33);10-11,14,20,27,29H,9,12-13H2,1-8H3,(H,25,26,31). The lowest BCUT2D eigenvalue weighted by Gasteiger charge is -2.36. The van der Waals surface area contributed by atoms with Gasteiger partial charge in [-0.3, -0.25) is 27.7 Å². The molecule has 4 aliphatic rings. The highest BCUT2D eigenvalue weighted by molar-refractivity contribution is 7.92. The zero-order valence-corrected chi connectivity index (χ0v) is 49.4. The summed E-state index contributed by atoms with van der Waals surface area (Å²) < 4.78 is 99.4. The molecule has 6 rings (SSSR count). The Morgan fingerprint density at radius 1 is 0.662 bits per heavy atom. The fraction of sp³-hybridized carbons (Fsp3) is 0.600. The van der Waals surface area contributed by atoms with Gasteiger partial charge in [0.05, 0.1) is 65.5 Å². The van der Waals surface area contributed by atoms with E-state index in [4.69, 9.17) is 9.05 Å². The summed E-state index contributed by atoms with van der Waals surface area (Å²) in [6.07, 6.45) is 3.57. The van der Waals surface area contributed by atoms with Crippen molar-refractivity contribution in [2.24, 2.45) is 31.2 Å². The zero-order valence-electron chi connectivity index (χ0n) is 46.0. The highest BCUT2D eigenvalue weighted by Crippen LogP contribution is 2.55. The third-order valence-corrected chi connectivity index (χ3v) is 18.3. The van der Waals surface area contributed by atoms with Gasteiger partial charge in [-0.05, 0) is 91.7 Å². The first-order valence-corrected chi connectivity index (χ1v) is 31.6. The first-order valence-electron chi connectivity index (χ1n) is 24.7. The number of aliphatic hydroxyl groups is 2. The maximum atomic E-state index is 14.1. The van der Waals surface area contributed by atoms with Crippen molar-refractivity contribution in [2.45, 2.75) is 129 Å². The van der Waals surface area contributed by atoms with E-state index < -0.39 is 69.8 Å². The van der Waals surface area contributed by atoms with Crippen molar-refractivity contribution in [1.29, 1.82) is 0 Å².